The highest BCUT2D eigenvalue weighted by atomic mass is 35.5. The molecule has 0 saturated carbocycles. The van der Waals surface area contributed by atoms with Gasteiger partial charge in [0.1, 0.15) is 0 Å². The number of benzene rings is 3. The highest BCUT2D eigenvalue weighted by Crippen LogP contribution is 2.39. The van der Waals surface area contributed by atoms with Crippen LogP contribution >= 0.6 is 22.9 Å². The lowest BCUT2D eigenvalue weighted by atomic mass is 10.0. The zero-order valence-corrected chi connectivity index (χ0v) is 22.6. The standard InChI is InChI=1S/C28H22ClN5O2S2/c1-38(35,36)33-21-12-9-18(10-13-21)24-17-25(26-8-5-15-37-26)34(32-24)28-30-23-14-11-20(29)16-22(23)27(31-28)19-6-3-2-4-7-19/h2-16,25,33H,17H2,1H3/t25-/m1/s1. The van der Waals surface area contributed by atoms with Gasteiger partial charge in [0.25, 0.3) is 0 Å². The van der Waals surface area contributed by atoms with Gasteiger partial charge in [-0.15, -0.1) is 11.3 Å². The number of rotatable bonds is 6. The largest absolute Gasteiger partial charge is 0.284 e. The van der Waals surface area contributed by atoms with Crippen molar-refractivity contribution in [1.29, 1.82) is 0 Å². The number of sulfonamides is 1. The van der Waals surface area contributed by atoms with Gasteiger partial charge in [0.15, 0.2) is 0 Å². The lowest BCUT2D eigenvalue weighted by Gasteiger charge is -2.21. The first-order valence-corrected chi connectivity index (χ1v) is 15.0. The second kappa shape index (κ2) is 9.83. The number of hydrazone groups is 1. The maximum atomic E-state index is 11.6. The lowest BCUT2D eigenvalue weighted by molar-refractivity contribution is 0.607. The van der Waals surface area contributed by atoms with E-state index in [4.69, 9.17) is 26.7 Å². The molecule has 3 heterocycles. The molecule has 0 spiro atoms. The highest BCUT2D eigenvalue weighted by Gasteiger charge is 2.33. The number of thiophene rings is 1. The normalized spacial score (nSPS) is 15.6. The van der Waals surface area contributed by atoms with Crippen molar-refractivity contribution in [2.24, 2.45) is 5.10 Å². The number of hydrogen-bond acceptors (Lipinski definition) is 7. The van der Waals surface area contributed by atoms with Crippen LogP contribution in [0.15, 0.2) is 95.4 Å². The van der Waals surface area contributed by atoms with Gasteiger partial charge in [-0.25, -0.2) is 23.4 Å². The fourth-order valence-electron chi connectivity index (χ4n) is 4.52. The van der Waals surface area contributed by atoms with Crippen molar-refractivity contribution in [2.75, 3.05) is 16.0 Å². The Hall–Kier alpha value is -3.79. The van der Waals surface area contributed by atoms with Crippen molar-refractivity contribution in [1.82, 2.24) is 9.97 Å². The minimum Gasteiger partial charge on any atom is -0.284 e. The fraction of sp³-hybridized carbons (Fsp3) is 0.107. The number of halogens is 1. The third-order valence-corrected chi connectivity index (χ3v) is 8.02. The van der Waals surface area contributed by atoms with Crippen molar-refractivity contribution < 1.29 is 8.42 Å². The van der Waals surface area contributed by atoms with E-state index in [1.165, 1.54) is 0 Å². The van der Waals surface area contributed by atoms with Crippen LogP contribution in [-0.2, 0) is 10.0 Å². The van der Waals surface area contributed by atoms with Crippen LogP contribution in [0, 0.1) is 0 Å². The van der Waals surface area contributed by atoms with Crippen molar-refractivity contribution in [2.45, 2.75) is 12.5 Å². The summed E-state index contributed by atoms with van der Waals surface area (Å²) in [5.41, 5.74) is 4.82. The van der Waals surface area contributed by atoms with Crippen LogP contribution in [0.4, 0.5) is 11.6 Å². The van der Waals surface area contributed by atoms with Gasteiger partial charge < -0.3 is 0 Å². The monoisotopic (exact) mass is 559 g/mol. The predicted molar refractivity (Wildman–Crippen MR) is 156 cm³/mol. The molecule has 2 aromatic heterocycles. The van der Waals surface area contributed by atoms with Crippen LogP contribution in [0.5, 0.6) is 0 Å². The molecule has 3 aromatic carbocycles. The summed E-state index contributed by atoms with van der Waals surface area (Å²) < 4.78 is 25.7. The Morgan fingerprint density at radius 2 is 1.74 bits per heavy atom. The molecule has 190 valence electrons. The smallest absolute Gasteiger partial charge is 0.247 e. The van der Waals surface area contributed by atoms with E-state index in [-0.39, 0.29) is 6.04 Å². The molecule has 0 bridgehead atoms. The molecule has 7 nitrogen and oxygen atoms in total. The molecule has 0 aliphatic carbocycles. The second-order valence-corrected chi connectivity index (χ2v) is 12.1. The van der Waals surface area contributed by atoms with Crippen LogP contribution in [0.2, 0.25) is 5.02 Å². The molecule has 0 fully saturated rings. The van der Waals surface area contributed by atoms with Crippen LogP contribution in [0.1, 0.15) is 22.9 Å². The summed E-state index contributed by atoms with van der Waals surface area (Å²) in [5, 5.41) is 10.4. The molecule has 38 heavy (non-hydrogen) atoms. The van der Waals surface area contributed by atoms with Gasteiger partial charge >= 0.3 is 0 Å². The maximum absolute atomic E-state index is 11.6. The molecule has 0 unspecified atom stereocenters. The third-order valence-electron chi connectivity index (χ3n) is 6.20. The van der Waals surface area contributed by atoms with Gasteiger partial charge in [0, 0.05) is 33.0 Å². The van der Waals surface area contributed by atoms with Crippen LogP contribution in [0.25, 0.3) is 22.2 Å². The van der Waals surface area contributed by atoms with Crippen molar-refractivity contribution in [3.63, 3.8) is 0 Å². The molecule has 0 saturated heterocycles. The summed E-state index contributed by atoms with van der Waals surface area (Å²) in [4.78, 5) is 11.1. The highest BCUT2D eigenvalue weighted by molar-refractivity contribution is 7.92. The fourth-order valence-corrected chi connectivity index (χ4v) is 6.07. The molecule has 10 heteroatoms. The Kier molecular flexibility index (Phi) is 6.35. The number of nitrogens with one attached hydrogen (secondary N) is 1. The van der Waals surface area contributed by atoms with Crippen LogP contribution in [-0.4, -0.2) is 30.4 Å². The van der Waals surface area contributed by atoms with Crippen LogP contribution < -0.4 is 9.73 Å². The summed E-state index contributed by atoms with van der Waals surface area (Å²) >= 11 is 8.01. The Balaban J connectivity index is 1.46. The first-order valence-electron chi connectivity index (χ1n) is 11.9. The lowest BCUT2D eigenvalue weighted by Crippen LogP contribution is -2.20. The molecular weight excluding hydrogens is 538 g/mol. The quantitative estimate of drug-likeness (QED) is 0.249. The molecular formula is C28H22ClN5O2S2. The van der Waals surface area contributed by atoms with E-state index in [0.29, 0.717) is 23.1 Å². The van der Waals surface area contributed by atoms with Gasteiger partial charge in [0.05, 0.1) is 29.2 Å². The van der Waals surface area contributed by atoms with Gasteiger partial charge in [0.2, 0.25) is 16.0 Å². The number of nitrogens with zero attached hydrogens (tertiary/aromatic N) is 4. The van der Waals surface area contributed by atoms with E-state index >= 15 is 0 Å². The van der Waals surface area contributed by atoms with Gasteiger partial charge in [-0.1, -0.05) is 60.1 Å². The van der Waals surface area contributed by atoms with Crippen molar-refractivity contribution >= 4 is 61.2 Å². The van der Waals surface area contributed by atoms with Gasteiger partial charge in [-0.3, -0.25) is 4.72 Å². The zero-order valence-electron chi connectivity index (χ0n) is 20.2. The summed E-state index contributed by atoms with van der Waals surface area (Å²) in [6.07, 6.45) is 1.79. The Labute approximate surface area is 229 Å². The van der Waals surface area contributed by atoms with E-state index in [0.717, 1.165) is 44.6 Å². The van der Waals surface area contributed by atoms with Gasteiger partial charge in [-0.2, -0.15) is 5.10 Å². The number of hydrogen-bond donors (Lipinski definition) is 1. The zero-order chi connectivity index (χ0) is 26.3. The summed E-state index contributed by atoms with van der Waals surface area (Å²) in [6.45, 7) is 0. The molecule has 1 aliphatic heterocycles. The molecule has 1 N–H and O–H groups in total. The van der Waals surface area contributed by atoms with Crippen molar-refractivity contribution in [3.05, 3.63) is 106 Å². The van der Waals surface area contributed by atoms with Crippen molar-refractivity contribution in [3.8, 4) is 11.3 Å². The molecule has 1 atom stereocenters. The minimum atomic E-state index is -3.35. The third kappa shape index (κ3) is 5.00. The molecule has 1 aliphatic rings. The Bertz CT molecular complexity index is 1760. The van der Waals surface area contributed by atoms with E-state index < -0.39 is 10.0 Å². The first kappa shape index (κ1) is 24.5. The van der Waals surface area contributed by atoms with E-state index in [2.05, 4.69) is 16.2 Å². The van der Waals surface area contributed by atoms with Crippen LogP contribution in [0.3, 0.4) is 0 Å². The Morgan fingerprint density at radius 1 is 0.947 bits per heavy atom. The summed E-state index contributed by atoms with van der Waals surface area (Å²) in [7, 11) is -3.35. The average molecular weight is 560 g/mol. The minimum absolute atomic E-state index is 0.0767. The molecule has 6 rings (SSSR count). The topological polar surface area (TPSA) is 87.5 Å². The number of anilines is 2. The number of fused-ring (bicyclic) bond motifs is 1. The first-order chi connectivity index (χ1) is 18.3. The molecule has 0 radical (unpaired) electrons. The second-order valence-electron chi connectivity index (χ2n) is 8.98. The van der Waals surface area contributed by atoms with E-state index in [1.54, 1.807) is 23.5 Å². The average Bonchev–Trinajstić information content (AvgIpc) is 3.59. The maximum Gasteiger partial charge on any atom is 0.247 e. The molecule has 0 amide bonds. The predicted octanol–water partition coefficient (Wildman–Crippen LogP) is 6.74. The van der Waals surface area contributed by atoms with E-state index in [1.807, 2.05) is 71.7 Å². The van der Waals surface area contributed by atoms with Gasteiger partial charge in [-0.05, 0) is 47.3 Å². The summed E-state index contributed by atoms with van der Waals surface area (Å²) in [6, 6.07) is 26.9. The Morgan fingerprint density at radius 3 is 2.45 bits per heavy atom. The molecule has 5 aromatic rings. The van der Waals surface area contributed by atoms with E-state index in [9.17, 15) is 8.42 Å². The summed E-state index contributed by atoms with van der Waals surface area (Å²) in [5.74, 6) is 0.502. The SMILES string of the molecule is CS(=O)(=O)Nc1ccc(C2=NN(c3nc(-c4ccccc4)c4cc(Cl)ccc4n3)[C@@H](c3cccs3)C2)cc1. The number of aromatic nitrogens is 2.